The van der Waals surface area contributed by atoms with Crippen molar-refractivity contribution in [2.45, 2.75) is 4.21 Å². The molecule has 0 atom stereocenters. The van der Waals surface area contributed by atoms with Crippen LogP contribution >= 0.6 is 24.0 Å². The largest absolute Gasteiger partial charge is 0.281 e. The number of benzene rings is 1. The Bertz CT molecular complexity index is 617. The highest BCUT2D eigenvalue weighted by molar-refractivity contribution is 7.92. The summed E-state index contributed by atoms with van der Waals surface area (Å²) in [6.45, 7) is 0. The van der Waals surface area contributed by atoms with Crippen LogP contribution in [-0.2, 0) is 10.0 Å². The minimum Gasteiger partial charge on any atom is -0.281 e. The number of thiophene rings is 1. The summed E-state index contributed by atoms with van der Waals surface area (Å²) in [5.41, 5.74) is 2.37. The molecule has 17 heavy (non-hydrogen) atoms. The summed E-state index contributed by atoms with van der Waals surface area (Å²) in [5, 5.41) is 1.89. The molecule has 0 bridgehead atoms. The van der Waals surface area contributed by atoms with Crippen LogP contribution in [0.15, 0.2) is 39.9 Å². The maximum absolute atomic E-state index is 11.3. The van der Waals surface area contributed by atoms with E-state index >= 15 is 0 Å². The SMILES string of the molecule is CS(=O)(=O)Nc1c(-c2ccccc2)csc1S. The van der Waals surface area contributed by atoms with Crippen molar-refractivity contribution in [2.75, 3.05) is 11.0 Å². The lowest BCUT2D eigenvalue weighted by Crippen LogP contribution is -2.09. The molecule has 1 aromatic heterocycles. The first-order chi connectivity index (χ1) is 7.97. The molecule has 1 aromatic carbocycles. The molecule has 0 aliphatic carbocycles. The number of sulfonamides is 1. The third-order valence-electron chi connectivity index (χ3n) is 2.14. The van der Waals surface area contributed by atoms with Crippen molar-refractivity contribution < 1.29 is 8.42 Å². The van der Waals surface area contributed by atoms with Gasteiger partial charge in [-0.05, 0) is 5.56 Å². The van der Waals surface area contributed by atoms with Gasteiger partial charge in [0.15, 0.2) is 0 Å². The van der Waals surface area contributed by atoms with E-state index in [0.29, 0.717) is 9.90 Å². The molecule has 0 aliphatic rings. The van der Waals surface area contributed by atoms with E-state index in [1.807, 2.05) is 35.7 Å². The highest BCUT2D eigenvalue weighted by atomic mass is 32.2. The molecule has 1 heterocycles. The van der Waals surface area contributed by atoms with E-state index in [0.717, 1.165) is 17.4 Å². The Labute approximate surface area is 110 Å². The highest BCUT2D eigenvalue weighted by Crippen LogP contribution is 2.38. The van der Waals surface area contributed by atoms with E-state index in [1.54, 1.807) is 0 Å². The first-order valence-electron chi connectivity index (χ1n) is 4.81. The van der Waals surface area contributed by atoms with Crippen molar-refractivity contribution in [2.24, 2.45) is 0 Å². The fourth-order valence-corrected chi connectivity index (χ4v) is 3.28. The summed E-state index contributed by atoms with van der Waals surface area (Å²) in [6, 6.07) is 9.61. The van der Waals surface area contributed by atoms with Gasteiger partial charge in [-0.1, -0.05) is 30.3 Å². The quantitative estimate of drug-likeness (QED) is 0.851. The maximum Gasteiger partial charge on any atom is 0.229 e. The zero-order chi connectivity index (χ0) is 12.5. The normalized spacial score (nSPS) is 11.4. The van der Waals surface area contributed by atoms with Gasteiger partial charge >= 0.3 is 0 Å². The average molecular weight is 285 g/mol. The Kier molecular flexibility index (Phi) is 3.46. The van der Waals surface area contributed by atoms with E-state index < -0.39 is 10.0 Å². The van der Waals surface area contributed by atoms with Gasteiger partial charge < -0.3 is 0 Å². The molecule has 0 saturated carbocycles. The molecule has 0 spiro atoms. The van der Waals surface area contributed by atoms with Gasteiger partial charge in [-0.25, -0.2) is 8.42 Å². The zero-order valence-electron chi connectivity index (χ0n) is 9.04. The highest BCUT2D eigenvalue weighted by Gasteiger charge is 2.14. The Hall–Kier alpha value is -0.980. The van der Waals surface area contributed by atoms with Gasteiger partial charge in [-0.3, -0.25) is 4.72 Å². The van der Waals surface area contributed by atoms with Crippen LogP contribution in [0.4, 0.5) is 5.69 Å². The van der Waals surface area contributed by atoms with Crippen molar-refractivity contribution in [3.8, 4) is 11.1 Å². The van der Waals surface area contributed by atoms with Crippen LogP contribution in [0.2, 0.25) is 0 Å². The van der Waals surface area contributed by atoms with E-state index in [2.05, 4.69) is 17.4 Å². The topological polar surface area (TPSA) is 46.2 Å². The number of thiol groups is 1. The van der Waals surface area contributed by atoms with E-state index in [9.17, 15) is 8.42 Å². The molecule has 0 saturated heterocycles. The summed E-state index contributed by atoms with van der Waals surface area (Å²) in [7, 11) is -3.29. The van der Waals surface area contributed by atoms with E-state index in [4.69, 9.17) is 0 Å². The predicted molar refractivity (Wildman–Crippen MR) is 75.5 cm³/mol. The van der Waals surface area contributed by atoms with Crippen LogP contribution in [0.1, 0.15) is 0 Å². The Morgan fingerprint density at radius 1 is 1.24 bits per heavy atom. The molecule has 0 amide bonds. The van der Waals surface area contributed by atoms with Crippen LogP contribution in [0.5, 0.6) is 0 Å². The molecular weight excluding hydrogens is 274 g/mol. The second kappa shape index (κ2) is 4.72. The van der Waals surface area contributed by atoms with Gasteiger partial charge in [-0.15, -0.1) is 24.0 Å². The average Bonchev–Trinajstić information content (AvgIpc) is 2.60. The lowest BCUT2D eigenvalue weighted by molar-refractivity contribution is 0.607. The molecule has 90 valence electrons. The van der Waals surface area contributed by atoms with Crippen LogP contribution in [0.25, 0.3) is 11.1 Å². The molecule has 0 radical (unpaired) electrons. The standard InChI is InChI=1S/C11H11NO2S3/c1-17(13,14)12-10-9(7-16-11(10)15)8-5-3-2-4-6-8/h2-7,12,15H,1H3. The zero-order valence-corrected chi connectivity index (χ0v) is 11.6. The van der Waals surface area contributed by atoms with Crippen LogP contribution in [0, 0.1) is 0 Å². The second-order valence-corrected chi connectivity index (χ2v) is 6.95. The van der Waals surface area contributed by atoms with Crippen LogP contribution in [-0.4, -0.2) is 14.7 Å². The minimum atomic E-state index is -3.29. The van der Waals surface area contributed by atoms with E-state index in [1.165, 1.54) is 11.3 Å². The maximum atomic E-state index is 11.3. The summed E-state index contributed by atoms with van der Waals surface area (Å²) in [5.74, 6) is 0. The monoisotopic (exact) mass is 285 g/mol. The summed E-state index contributed by atoms with van der Waals surface area (Å²) >= 11 is 5.68. The van der Waals surface area contributed by atoms with E-state index in [-0.39, 0.29) is 0 Å². The van der Waals surface area contributed by atoms with Gasteiger partial charge in [0.1, 0.15) is 0 Å². The van der Waals surface area contributed by atoms with Gasteiger partial charge in [0.25, 0.3) is 0 Å². The van der Waals surface area contributed by atoms with Gasteiger partial charge in [0.05, 0.1) is 16.2 Å². The third kappa shape index (κ3) is 3.02. The molecule has 0 unspecified atom stereocenters. The fraction of sp³-hybridized carbons (Fsp3) is 0.0909. The second-order valence-electron chi connectivity index (χ2n) is 3.57. The molecule has 1 N–H and O–H groups in total. The summed E-state index contributed by atoms with van der Waals surface area (Å²) < 4.78 is 25.8. The third-order valence-corrected chi connectivity index (χ3v) is 4.04. The van der Waals surface area contributed by atoms with Crippen molar-refractivity contribution in [1.29, 1.82) is 0 Å². The lowest BCUT2D eigenvalue weighted by Gasteiger charge is -2.07. The van der Waals surface area contributed by atoms with Crippen LogP contribution < -0.4 is 4.72 Å². The first kappa shape index (κ1) is 12.5. The van der Waals surface area contributed by atoms with Crippen molar-refractivity contribution >= 4 is 39.7 Å². The lowest BCUT2D eigenvalue weighted by atomic mass is 10.1. The summed E-state index contributed by atoms with van der Waals surface area (Å²) in [4.78, 5) is 0. The molecule has 0 fully saturated rings. The Morgan fingerprint density at radius 3 is 2.47 bits per heavy atom. The van der Waals surface area contributed by atoms with Crippen molar-refractivity contribution in [3.63, 3.8) is 0 Å². The van der Waals surface area contributed by atoms with Gasteiger partial charge in [0, 0.05) is 10.9 Å². The number of nitrogens with one attached hydrogen (secondary N) is 1. The molecule has 3 nitrogen and oxygen atoms in total. The molecule has 0 aliphatic heterocycles. The van der Waals surface area contributed by atoms with Crippen LogP contribution in [0.3, 0.4) is 0 Å². The van der Waals surface area contributed by atoms with Crippen molar-refractivity contribution in [1.82, 2.24) is 0 Å². The first-order valence-corrected chi connectivity index (χ1v) is 8.03. The number of rotatable bonds is 3. The Balaban J connectivity index is 2.50. The van der Waals surface area contributed by atoms with Gasteiger partial charge in [-0.2, -0.15) is 0 Å². The molecule has 6 heteroatoms. The summed E-state index contributed by atoms with van der Waals surface area (Å²) in [6.07, 6.45) is 1.13. The van der Waals surface area contributed by atoms with Crippen molar-refractivity contribution in [3.05, 3.63) is 35.7 Å². The van der Waals surface area contributed by atoms with Gasteiger partial charge in [0.2, 0.25) is 10.0 Å². The molecule has 2 aromatic rings. The number of anilines is 1. The number of hydrogen-bond acceptors (Lipinski definition) is 4. The smallest absolute Gasteiger partial charge is 0.229 e. The number of hydrogen-bond donors (Lipinski definition) is 2. The molecular formula is C11H11NO2S3. The molecule has 2 rings (SSSR count). The minimum absolute atomic E-state index is 0.548. The Morgan fingerprint density at radius 2 is 1.88 bits per heavy atom. The fourth-order valence-electron chi connectivity index (χ4n) is 1.46. The predicted octanol–water partition coefficient (Wildman–Crippen LogP) is 3.08.